The minimum Gasteiger partial charge on any atom is -0.481 e. The number of nitrogens with one attached hydrogen (secondary N) is 1. The molecule has 2 aromatic rings. The van der Waals surface area contributed by atoms with Crippen molar-refractivity contribution in [3.05, 3.63) is 59.7 Å². The molecule has 0 spiro atoms. The summed E-state index contributed by atoms with van der Waals surface area (Å²) in [5.74, 6) is -5.25. The second-order valence-electron chi connectivity index (χ2n) is 11.6. The van der Waals surface area contributed by atoms with Crippen molar-refractivity contribution >= 4 is 29.6 Å². The number of hydrogen-bond acceptors (Lipinski definition) is 7. The molecule has 3 atom stereocenters. The topological polar surface area (TPSA) is 136 Å². The molecular formula is C32H39NO8. The second kappa shape index (κ2) is 13.6. The van der Waals surface area contributed by atoms with E-state index in [1.165, 1.54) is 13.8 Å². The Morgan fingerprint density at radius 1 is 0.878 bits per heavy atom. The molecule has 0 bridgehead atoms. The molecule has 0 radical (unpaired) electrons. The van der Waals surface area contributed by atoms with Crippen LogP contribution in [0.15, 0.2) is 48.5 Å². The van der Waals surface area contributed by atoms with E-state index in [4.69, 9.17) is 14.6 Å². The highest BCUT2D eigenvalue weighted by molar-refractivity contribution is 5.92. The Morgan fingerprint density at radius 2 is 1.44 bits per heavy atom. The minimum atomic E-state index is -1.11. The monoisotopic (exact) mass is 565 g/mol. The van der Waals surface area contributed by atoms with Crippen molar-refractivity contribution in [2.75, 3.05) is 6.61 Å². The maximum absolute atomic E-state index is 13.2. The van der Waals surface area contributed by atoms with E-state index in [1.807, 2.05) is 48.5 Å². The molecule has 0 saturated heterocycles. The molecule has 0 fully saturated rings. The predicted octanol–water partition coefficient (Wildman–Crippen LogP) is 4.65. The number of carbonyl (C=O) groups is 5. The average Bonchev–Trinajstić information content (AvgIpc) is 3.22. The fourth-order valence-corrected chi connectivity index (χ4v) is 4.86. The first kappa shape index (κ1) is 31.5. The van der Waals surface area contributed by atoms with Crippen LogP contribution in [0.5, 0.6) is 0 Å². The Hall–Kier alpha value is -4.01. The van der Waals surface area contributed by atoms with Gasteiger partial charge in [-0.3, -0.25) is 24.0 Å². The van der Waals surface area contributed by atoms with Gasteiger partial charge in [-0.2, -0.15) is 0 Å². The largest absolute Gasteiger partial charge is 0.481 e. The summed E-state index contributed by atoms with van der Waals surface area (Å²) in [7, 11) is 0. The normalized spacial score (nSPS) is 14.7. The second-order valence-corrected chi connectivity index (χ2v) is 11.6. The van der Waals surface area contributed by atoms with E-state index in [-0.39, 0.29) is 38.2 Å². The third-order valence-electron chi connectivity index (χ3n) is 7.05. The summed E-state index contributed by atoms with van der Waals surface area (Å²) in [4.78, 5) is 62.1. The van der Waals surface area contributed by atoms with E-state index in [0.717, 1.165) is 22.3 Å². The van der Waals surface area contributed by atoms with E-state index in [0.29, 0.717) is 0 Å². The van der Waals surface area contributed by atoms with Crippen molar-refractivity contribution in [1.82, 2.24) is 5.32 Å². The average molecular weight is 566 g/mol. The zero-order valence-corrected chi connectivity index (χ0v) is 24.3. The third kappa shape index (κ3) is 8.74. The smallest absolute Gasteiger partial charge is 0.306 e. The zero-order valence-electron chi connectivity index (χ0n) is 24.3. The SMILES string of the molecule is C[C@H](CC(=O)[C@H](C)NC(=O)[C@H](CCC(=O)OC(C)(C)C)CC(=O)OCC1c2ccccc2-c2ccccc21)C(=O)O. The van der Waals surface area contributed by atoms with Gasteiger partial charge in [0.1, 0.15) is 12.2 Å². The number of benzene rings is 2. The lowest BCUT2D eigenvalue weighted by Crippen LogP contribution is -2.43. The van der Waals surface area contributed by atoms with Crippen molar-refractivity contribution in [2.45, 2.75) is 77.9 Å². The van der Waals surface area contributed by atoms with Crippen LogP contribution in [0, 0.1) is 11.8 Å². The molecular weight excluding hydrogens is 526 g/mol. The Morgan fingerprint density at radius 3 is 1.98 bits per heavy atom. The number of fused-ring (bicyclic) bond motifs is 3. The number of carboxylic acid groups (broad SMARTS) is 1. The van der Waals surface area contributed by atoms with E-state index in [9.17, 15) is 24.0 Å². The van der Waals surface area contributed by atoms with Gasteiger partial charge in [0.2, 0.25) is 5.91 Å². The van der Waals surface area contributed by atoms with Crippen LogP contribution in [0.4, 0.5) is 0 Å². The number of amides is 1. The molecule has 1 amide bonds. The van der Waals surface area contributed by atoms with Gasteiger partial charge in [-0.25, -0.2) is 0 Å². The first-order valence-electron chi connectivity index (χ1n) is 13.9. The molecule has 1 aliphatic rings. The Bertz CT molecular complexity index is 1250. The van der Waals surface area contributed by atoms with Crippen LogP contribution in [0.1, 0.15) is 77.3 Å². The Kier molecular flexibility index (Phi) is 10.4. The molecule has 0 unspecified atom stereocenters. The molecule has 0 heterocycles. The highest BCUT2D eigenvalue weighted by Crippen LogP contribution is 2.44. The number of aliphatic carboxylic acids is 1. The van der Waals surface area contributed by atoms with Crippen LogP contribution in [-0.4, -0.2) is 53.0 Å². The van der Waals surface area contributed by atoms with E-state index in [2.05, 4.69) is 5.32 Å². The number of Topliss-reactive ketones (excluding diaryl/α,β-unsaturated/α-hetero) is 1. The number of rotatable bonds is 13. The summed E-state index contributed by atoms with van der Waals surface area (Å²) < 4.78 is 11.0. The van der Waals surface area contributed by atoms with Crippen molar-refractivity contribution < 1.29 is 38.6 Å². The zero-order chi connectivity index (χ0) is 30.3. The molecule has 9 heteroatoms. The van der Waals surface area contributed by atoms with Gasteiger partial charge in [-0.15, -0.1) is 0 Å². The number of esters is 2. The number of carboxylic acids is 1. The lowest BCUT2D eigenvalue weighted by atomic mass is 9.96. The standard InChI is InChI=1S/C32H39NO8/c1-19(31(38)39)16-27(34)20(2)33-30(37)21(14-15-28(35)41-32(3,4)5)17-29(36)40-18-26-24-12-8-6-10-22(24)23-11-7-9-13-25(23)26/h6-13,19-21,26H,14-18H2,1-5H3,(H,33,37)(H,38,39)/t19-,20+,21-/m1/s1. The van der Waals surface area contributed by atoms with Crippen LogP contribution in [0.3, 0.4) is 0 Å². The van der Waals surface area contributed by atoms with Crippen molar-refractivity contribution in [3.63, 3.8) is 0 Å². The van der Waals surface area contributed by atoms with Gasteiger partial charge in [0.25, 0.3) is 0 Å². The van der Waals surface area contributed by atoms with Crippen molar-refractivity contribution in [3.8, 4) is 11.1 Å². The maximum atomic E-state index is 13.2. The number of ether oxygens (including phenoxy) is 2. The summed E-state index contributed by atoms with van der Waals surface area (Å²) in [6.45, 7) is 8.17. The van der Waals surface area contributed by atoms with Crippen LogP contribution in [0.25, 0.3) is 11.1 Å². The van der Waals surface area contributed by atoms with Gasteiger partial charge >= 0.3 is 17.9 Å². The molecule has 2 N–H and O–H groups in total. The fourth-order valence-electron chi connectivity index (χ4n) is 4.86. The lowest BCUT2D eigenvalue weighted by Gasteiger charge is -2.22. The molecule has 3 rings (SSSR count). The summed E-state index contributed by atoms with van der Waals surface area (Å²) in [5, 5.41) is 11.7. The Labute approximate surface area is 240 Å². The number of ketones is 1. The minimum absolute atomic E-state index is 0.0113. The fraction of sp³-hybridized carbons (Fsp3) is 0.469. The molecule has 1 aliphatic carbocycles. The van der Waals surface area contributed by atoms with Crippen LogP contribution in [0.2, 0.25) is 0 Å². The van der Waals surface area contributed by atoms with Crippen molar-refractivity contribution in [2.24, 2.45) is 11.8 Å². The first-order chi connectivity index (χ1) is 19.3. The van der Waals surface area contributed by atoms with Gasteiger partial charge in [0, 0.05) is 24.7 Å². The lowest BCUT2D eigenvalue weighted by molar-refractivity contribution is -0.156. The van der Waals surface area contributed by atoms with Crippen molar-refractivity contribution in [1.29, 1.82) is 0 Å². The van der Waals surface area contributed by atoms with E-state index >= 15 is 0 Å². The van der Waals surface area contributed by atoms with Crippen LogP contribution in [-0.2, 0) is 33.4 Å². The quantitative estimate of drug-likeness (QED) is 0.335. The first-order valence-corrected chi connectivity index (χ1v) is 13.9. The van der Waals surface area contributed by atoms with E-state index in [1.54, 1.807) is 20.8 Å². The van der Waals surface area contributed by atoms with Gasteiger partial charge in [-0.1, -0.05) is 55.5 Å². The summed E-state index contributed by atoms with van der Waals surface area (Å²) in [5.41, 5.74) is 3.60. The van der Waals surface area contributed by atoms with Gasteiger partial charge < -0.3 is 19.9 Å². The van der Waals surface area contributed by atoms with Gasteiger partial charge in [0.05, 0.1) is 18.4 Å². The van der Waals surface area contributed by atoms with Crippen LogP contribution >= 0.6 is 0 Å². The molecule has 0 saturated carbocycles. The molecule has 2 aromatic carbocycles. The summed E-state index contributed by atoms with van der Waals surface area (Å²) in [6, 6.07) is 14.9. The van der Waals surface area contributed by atoms with Gasteiger partial charge in [0.15, 0.2) is 5.78 Å². The maximum Gasteiger partial charge on any atom is 0.306 e. The highest BCUT2D eigenvalue weighted by atomic mass is 16.6. The third-order valence-corrected chi connectivity index (χ3v) is 7.05. The highest BCUT2D eigenvalue weighted by Gasteiger charge is 2.31. The number of carbonyl (C=O) groups excluding carboxylic acids is 4. The molecule has 0 aromatic heterocycles. The molecule has 9 nitrogen and oxygen atoms in total. The van der Waals surface area contributed by atoms with Crippen LogP contribution < -0.4 is 5.32 Å². The summed E-state index contributed by atoms with van der Waals surface area (Å²) in [6.07, 6.45) is -0.634. The summed E-state index contributed by atoms with van der Waals surface area (Å²) >= 11 is 0. The molecule has 220 valence electrons. The predicted molar refractivity (Wildman–Crippen MR) is 152 cm³/mol. The van der Waals surface area contributed by atoms with E-state index < -0.39 is 53.1 Å². The number of hydrogen-bond donors (Lipinski definition) is 2. The molecule has 41 heavy (non-hydrogen) atoms. The Balaban J connectivity index is 1.67. The molecule has 0 aliphatic heterocycles. The van der Waals surface area contributed by atoms with Gasteiger partial charge in [-0.05, 0) is 56.4 Å².